The standard InChI is InChI=1S/C17H21N3O4/c21-15-17(5-10-24-14-4-2-1-3-13(14)17)18-16(22)20(15)7-6-19-8-11-23-12-9-19/h1-4H,5-12H2,(H,18,22)/t17-/m0/s1. The predicted molar refractivity (Wildman–Crippen MR) is 85.7 cm³/mol. The second-order valence-electron chi connectivity index (χ2n) is 6.34. The maximum atomic E-state index is 13.1. The van der Waals surface area contributed by atoms with Gasteiger partial charge in [0.2, 0.25) is 0 Å². The normalized spacial score (nSPS) is 27.1. The van der Waals surface area contributed by atoms with E-state index in [1.165, 1.54) is 4.90 Å². The maximum Gasteiger partial charge on any atom is 0.325 e. The monoisotopic (exact) mass is 331 g/mol. The third-order valence-electron chi connectivity index (χ3n) is 5.00. The average Bonchev–Trinajstić information content (AvgIpc) is 2.85. The van der Waals surface area contributed by atoms with E-state index in [0.29, 0.717) is 45.1 Å². The van der Waals surface area contributed by atoms with Gasteiger partial charge in [0, 0.05) is 38.2 Å². The molecule has 3 heterocycles. The van der Waals surface area contributed by atoms with E-state index in [0.717, 1.165) is 18.7 Å². The molecule has 128 valence electrons. The Morgan fingerprint density at radius 1 is 1.08 bits per heavy atom. The van der Waals surface area contributed by atoms with Crippen LogP contribution in [0.4, 0.5) is 4.79 Å². The van der Waals surface area contributed by atoms with Crippen molar-refractivity contribution in [3.05, 3.63) is 29.8 Å². The molecule has 2 saturated heterocycles. The molecular weight excluding hydrogens is 310 g/mol. The van der Waals surface area contributed by atoms with Crippen LogP contribution in [0.3, 0.4) is 0 Å². The summed E-state index contributed by atoms with van der Waals surface area (Å²) in [5.74, 6) is 0.504. The Morgan fingerprint density at radius 3 is 2.71 bits per heavy atom. The van der Waals surface area contributed by atoms with Crippen LogP contribution in [0.1, 0.15) is 12.0 Å². The molecule has 1 N–H and O–H groups in total. The van der Waals surface area contributed by atoms with Crippen LogP contribution in [-0.2, 0) is 15.1 Å². The number of para-hydroxylation sites is 1. The van der Waals surface area contributed by atoms with Crippen molar-refractivity contribution >= 4 is 11.9 Å². The molecule has 0 aromatic heterocycles. The summed E-state index contributed by atoms with van der Waals surface area (Å²) < 4.78 is 11.0. The molecule has 0 radical (unpaired) electrons. The average molecular weight is 331 g/mol. The number of benzene rings is 1. The van der Waals surface area contributed by atoms with Gasteiger partial charge in [-0.15, -0.1) is 0 Å². The van der Waals surface area contributed by atoms with Crippen molar-refractivity contribution in [3.63, 3.8) is 0 Å². The van der Waals surface area contributed by atoms with Gasteiger partial charge in [-0.3, -0.25) is 14.6 Å². The third-order valence-corrected chi connectivity index (χ3v) is 5.00. The molecule has 1 atom stereocenters. The highest BCUT2D eigenvalue weighted by molar-refractivity contribution is 6.08. The van der Waals surface area contributed by atoms with Crippen LogP contribution in [0.25, 0.3) is 0 Å². The predicted octanol–water partition coefficient (Wildman–Crippen LogP) is 0.548. The summed E-state index contributed by atoms with van der Waals surface area (Å²) in [5.41, 5.74) is -0.222. The van der Waals surface area contributed by atoms with Crippen molar-refractivity contribution in [3.8, 4) is 5.75 Å². The van der Waals surface area contributed by atoms with Crippen molar-refractivity contribution in [2.75, 3.05) is 46.0 Å². The lowest BCUT2D eigenvalue weighted by Gasteiger charge is -2.33. The number of hydrogen-bond donors (Lipinski definition) is 1. The largest absolute Gasteiger partial charge is 0.493 e. The number of nitrogens with one attached hydrogen (secondary N) is 1. The van der Waals surface area contributed by atoms with Gasteiger partial charge in [0.1, 0.15) is 5.75 Å². The quantitative estimate of drug-likeness (QED) is 0.819. The summed E-state index contributed by atoms with van der Waals surface area (Å²) >= 11 is 0. The molecule has 1 aromatic rings. The van der Waals surface area contributed by atoms with E-state index in [1.807, 2.05) is 24.3 Å². The second-order valence-corrected chi connectivity index (χ2v) is 6.34. The number of nitrogens with zero attached hydrogens (tertiary/aromatic N) is 2. The van der Waals surface area contributed by atoms with Crippen LogP contribution in [0.5, 0.6) is 5.75 Å². The fourth-order valence-electron chi connectivity index (χ4n) is 3.64. The molecule has 0 unspecified atom stereocenters. The Kier molecular flexibility index (Phi) is 3.90. The topological polar surface area (TPSA) is 71.1 Å². The molecule has 2 fully saturated rings. The van der Waals surface area contributed by atoms with Gasteiger partial charge < -0.3 is 14.8 Å². The van der Waals surface area contributed by atoms with E-state index in [1.54, 1.807) is 0 Å². The van der Waals surface area contributed by atoms with Gasteiger partial charge in [0.15, 0.2) is 5.54 Å². The van der Waals surface area contributed by atoms with Crippen LogP contribution in [0, 0.1) is 0 Å². The molecule has 0 bridgehead atoms. The van der Waals surface area contributed by atoms with Crippen LogP contribution < -0.4 is 10.1 Å². The molecule has 3 amide bonds. The summed E-state index contributed by atoms with van der Waals surface area (Å²) in [4.78, 5) is 29.1. The van der Waals surface area contributed by atoms with Gasteiger partial charge in [-0.25, -0.2) is 4.79 Å². The fraction of sp³-hybridized carbons (Fsp3) is 0.529. The lowest BCUT2D eigenvalue weighted by molar-refractivity contribution is -0.132. The number of rotatable bonds is 3. The molecule has 24 heavy (non-hydrogen) atoms. The number of ether oxygens (including phenoxy) is 2. The SMILES string of the molecule is O=C1N[C@]2(CCOc3ccccc32)C(=O)N1CCN1CCOCC1. The number of amides is 3. The molecule has 1 aromatic carbocycles. The zero-order valence-electron chi connectivity index (χ0n) is 13.5. The van der Waals surface area contributed by atoms with Crippen molar-refractivity contribution in [1.82, 2.24) is 15.1 Å². The molecule has 0 saturated carbocycles. The molecule has 1 spiro atoms. The zero-order chi connectivity index (χ0) is 16.6. The fourth-order valence-corrected chi connectivity index (χ4v) is 3.64. The summed E-state index contributed by atoms with van der Waals surface area (Å²) in [6.07, 6.45) is 0.461. The second kappa shape index (κ2) is 6.07. The lowest BCUT2D eigenvalue weighted by Crippen LogP contribution is -2.48. The van der Waals surface area contributed by atoms with Gasteiger partial charge in [-0.05, 0) is 6.07 Å². The molecule has 0 aliphatic carbocycles. The van der Waals surface area contributed by atoms with E-state index in [9.17, 15) is 9.59 Å². The summed E-state index contributed by atoms with van der Waals surface area (Å²) in [5, 5.41) is 2.93. The number of fused-ring (bicyclic) bond motifs is 2. The maximum absolute atomic E-state index is 13.1. The molecule has 7 nitrogen and oxygen atoms in total. The Bertz CT molecular complexity index is 659. The van der Waals surface area contributed by atoms with Crippen molar-refractivity contribution in [1.29, 1.82) is 0 Å². The number of morpholine rings is 1. The lowest BCUT2D eigenvalue weighted by atomic mass is 9.84. The Hall–Kier alpha value is -2.12. The molecule has 3 aliphatic rings. The summed E-state index contributed by atoms with van der Waals surface area (Å²) in [7, 11) is 0. The first-order valence-electron chi connectivity index (χ1n) is 8.37. The first-order valence-corrected chi connectivity index (χ1v) is 8.37. The smallest absolute Gasteiger partial charge is 0.325 e. The Morgan fingerprint density at radius 2 is 1.88 bits per heavy atom. The minimum absolute atomic E-state index is 0.170. The Labute approximate surface area is 140 Å². The number of carbonyl (C=O) groups is 2. The molecule has 7 heteroatoms. The minimum atomic E-state index is -0.975. The van der Waals surface area contributed by atoms with Gasteiger partial charge in [0.05, 0.1) is 19.8 Å². The van der Waals surface area contributed by atoms with E-state index < -0.39 is 5.54 Å². The molecule has 4 rings (SSSR count). The van der Waals surface area contributed by atoms with Gasteiger partial charge in [-0.2, -0.15) is 0 Å². The van der Waals surface area contributed by atoms with Crippen LogP contribution in [0.15, 0.2) is 24.3 Å². The van der Waals surface area contributed by atoms with Crippen LogP contribution in [0.2, 0.25) is 0 Å². The minimum Gasteiger partial charge on any atom is -0.493 e. The molecular formula is C17H21N3O4. The van der Waals surface area contributed by atoms with Gasteiger partial charge >= 0.3 is 6.03 Å². The molecule has 3 aliphatic heterocycles. The van der Waals surface area contributed by atoms with Crippen molar-refractivity contribution in [2.24, 2.45) is 0 Å². The van der Waals surface area contributed by atoms with Gasteiger partial charge in [-0.1, -0.05) is 18.2 Å². The van der Waals surface area contributed by atoms with Crippen molar-refractivity contribution in [2.45, 2.75) is 12.0 Å². The number of imide groups is 1. The first-order chi connectivity index (χ1) is 11.7. The highest BCUT2D eigenvalue weighted by Crippen LogP contribution is 2.40. The highest BCUT2D eigenvalue weighted by Gasteiger charge is 2.54. The van der Waals surface area contributed by atoms with E-state index >= 15 is 0 Å². The number of carbonyl (C=O) groups excluding carboxylic acids is 2. The van der Waals surface area contributed by atoms with Gasteiger partial charge in [0.25, 0.3) is 5.91 Å². The summed E-state index contributed by atoms with van der Waals surface area (Å²) in [6.45, 7) is 4.58. The third kappa shape index (κ3) is 2.44. The van der Waals surface area contributed by atoms with E-state index in [4.69, 9.17) is 9.47 Å². The number of urea groups is 1. The van der Waals surface area contributed by atoms with E-state index in [-0.39, 0.29) is 11.9 Å². The summed E-state index contributed by atoms with van der Waals surface area (Å²) in [6, 6.07) is 7.12. The Balaban J connectivity index is 1.53. The van der Waals surface area contributed by atoms with E-state index in [2.05, 4.69) is 10.2 Å². The van der Waals surface area contributed by atoms with Crippen LogP contribution in [-0.4, -0.2) is 67.7 Å². The van der Waals surface area contributed by atoms with Crippen molar-refractivity contribution < 1.29 is 19.1 Å². The highest BCUT2D eigenvalue weighted by atomic mass is 16.5. The number of hydrogen-bond acceptors (Lipinski definition) is 5. The zero-order valence-corrected chi connectivity index (χ0v) is 13.5. The van der Waals surface area contributed by atoms with Crippen LogP contribution >= 0.6 is 0 Å². The first kappa shape index (κ1) is 15.4.